The van der Waals surface area contributed by atoms with Crippen molar-refractivity contribution in [3.63, 3.8) is 0 Å². The van der Waals surface area contributed by atoms with E-state index in [1.54, 1.807) is 0 Å². The van der Waals surface area contributed by atoms with Crippen molar-refractivity contribution in [1.82, 2.24) is 0 Å². The molecule has 0 rings (SSSR count). The molecule has 558 valence electrons. The minimum Gasteiger partial charge on any atom is -0.462 e. The molecular formula is C75H146O17P2. The molecule has 0 amide bonds. The molecule has 17 nitrogen and oxygen atoms in total. The SMILES string of the molecule is CCC(C)CCCCCCCCCCCCCCCCC(=O)O[C@H](COC(=O)CCCCCCCCC(C)C)COP(=O)(O)OCC(O)COP(=O)(O)OC[C@@H](COC(=O)CCCCCCCCC(C)C)OC(=O)CCCCCCCCCCCCCCCCCC(C)C. The number of aliphatic hydroxyl groups excluding tert-OH is 1. The van der Waals surface area contributed by atoms with Gasteiger partial charge in [-0.15, -0.1) is 0 Å². The van der Waals surface area contributed by atoms with Gasteiger partial charge in [0.05, 0.1) is 26.4 Å². The van der Waals surface area contributed by atoms with E-state index in [0.29, 0.717) is 37.5 Å². The first-order chi connectivity index (χ1) is 45.1. The van der Waals surface area contributed by atoms with Gasteiger partial charge in [-0.25, -0.2) is 9.13 Å². The summed E-state index contributed by atoms with van der Waals surface area (Å²) in [6.45, 7) is 14.1. The molecule has 0 aliphatic carbocycles. The van der Waals surface area contributed by atoms with Crippen LogP contribution in [0.1, 0.15) is 376 Å². The van der Waals surface area contributed by atoms with Crippen molar-refractivity contribution in [3.05, 3.63) is 0 Å². The standard InChI is InChI=1S/C75H146O17P2/c1-9-68(8)54-46-38-28-24-20-16-13-14-18-22-26-30-42-50-58-75(80)92-71(62-86-73(78)56-48-40-34-32-37-45-53-67(6)7)64-90-94(83,84)88-60-69(76)59-87-93(81,82)89-63-70(61-85-72(77)55-47-39-33-31-36-44-52-66(4)5)91-74(79)57-49-41-29-25-21-17-12-10-11-15-19-23-27-35-43-51-65(2)3/h65-71,76H,9-64H2,1-8H3,(H,81,82)(H,83,84)/t68?,69?,70-,71-/m1/s1. The third kappa shape index (κ3) is 67.3. The summed E-state index contributed by atoms with van der Waals surface area (Å²) in [5, 5.41) is 10.6. The van der Waals surface area contributed by atoms with Gasteiger partial charge in [0.1, 0.15) is 19.3 Å². The molecule has 0 aliphatic heterocycles. The van der Waals surface area contributed by atoms with Crippen LogP contribution in [-0.2, 0) is 65.4 Å². The molecule has 0 heterocycles. The van der Waals surface area contributed by atoms with Gasteiger partial charge in [0.15, 0.2) is 12.2 Å². The van der Waals surface area contributed by atoms with Crippen LogP contribution in [0.15, 0.2) is 0 Å². The highest BCUT2D eigenvalue weighted by atomic mass is 31.2. The average Bonchev–Trinajstić information content (AvgIpc) is 1.27. The number of aliphatic hydroxyl groups is 1. The first-order valence-corrected chi connectivity index (χ1v) is 41.7. The van der Waals surface area contributed by atoms with E-state index >= 15 is 0 Å². The predicted octanol–water partition coefficient (Wildman–Crippen LogP) is 21.7. The third-order valence-corrected chi connectivity index (χ3v) is 19.6. The Balaban J connectivity index is 5.17. The van der Waals surface area contributed by atoms with E-state index in [-0.39, 0.29) is 25.7 Å². The van der Waals surface area contributed by atoms with Gasteiger partial charge in [-0.3, -0.25) is 37.3 Å². The Morgan fingerprint density at radius 3 is 0.755 bits per heavy atom. The molecule has 0 aromatic carbocycles. The van der Waals surface area contributed by atoms with E-state index in [9.17, 15) is 43.2 Å². The van der Waals surface area contributed by atoms with Crippen molar-refractivity contribution in [1.29, 1.82) is 0 Å². The summed E-state index contributed by atoms with van der Waals surface area (Å²) >= 11 is 0. The van der Waals surface area contributed by atoms with Crippen molar-refractivity contribution in [2.75, 3.05) is 39.6 Å². The van der Waals surface area contributed by atoms with Crippen LogP contribution in [0.25, 0.3) is 0 Å². The lowest BCUT2D eigenvalue weighted by Gasteiger charge is -2.21. The second kappa shape index (κ2) is 64.4. The van der Waals surface area contributed by atoms with Gasteiger partial charge in [-0.2, -0.15) is 0 Å². The van der Waals surface area contributed by atoms with Gasteiger partial charge in [0.2, 0.25) is 0 Å². The molecule has 0 bridgehead atoms. The van der Waals surface area contributed by atoms with E-state index in [2.05, 4.69) is 55.4 Å². The maximum atomic E-state index is 13.0. The fourth-order valence-electron chi connectivity index (χ4n) is 11.3. The Morgan fingerprint density at radius 1 is 0.298 bits per heavy atom. The molecule has 0 aromatic rings. The fourth-order valence-corrected chi connectivity index (χ4v) is 12.9. The summed E-state index contributed by atoms with van der Waals surface area (Å²) in [5.74, 6) is 0.881. The lowest BCUT2D eigenvalue weighted by molar-refractivity contribution is -0.161. The molecule has 94 heavy (non-hydrogen) atoms. The monoisotopic (exact) mass is 1380 g/mol. The van der Waals surface area contributed by atoms with E-state index in [1.807, 2.05) is 0 Å². The van der Waals surface area contributed by atoms with Crippen molar-refractivity contribution in [3.8, 4) is 0 Å². The molecule has 0 radical (unpaired) electrons. The number of unbranched alkanes of at least 4 members (excludes halogenated alkanes) is 37. The average molecular weight is 1380 g/mol. The number of phosphoric ester groups is 2. The van der Waals surface area contributed by atoms with Crippen LogP contribution < -0.4 is 0 Å². The largest absolute Gasteiger partial charge is 0.472 e. The van der Waals surface area contributed by atoms with Crippen LogP contribution in [0.3, 0.4) is 0 Å². The van der Waals surface area contributed by atoms with E-state index in [4.69, 9.17) is 37.0 Å². The Morgan fingerprint density at radius 2 is 0.511 bits per heavy atom. The van der Waals surface area contributed by atoms with E-state index < -0.39 is 97.5 Å². The highest BCUT2D eigenvalue weighted by Gasteiger charge is 2.30. The lowest BCUT2D eigenvalue weighted by Crippen LogP contribution is -2.30. The van der Waals surface area contributed by atoms with Gasteiger partial charge in [0, 0.05) is 25.7 Å². The summed E-state index contributed by atoms with van der Waals surface area (Å²) in [7, 11) is -9.91. The molecular weight excluding hydrogens is 1230 g/mol. The maximum Gasteiger partial charge on any atom is 0.472 e. The van der Waals surface area contributed by atoms with Crippen LogP contribution in [-0.4, -0.2) is 96.7 Å². The molecule has 4 unspecified atom stereocenters. The highest BCUT2D eigenvalue weighted by molar-refractivity contribution is 7.47. The predicted molar refractivity (Wildman–Crippen MR) is 381 cm³/mol. The number of carbonyl (C=O) groups excluding carboxylic acids is 4. The number of ether oxygens (including phenoxy) is 4. The first-order valence-electron chi connectivity index (χ1n) is 38.7. The van der Waals surface area contributed by atoms with Crippen LogP contribution in [0.5, 0.6) is 0 Å². The molecule has 19 heteroatoms. The second-order valence-corrected chi connectivity index (χ2v) is 31.6. The molecule has 0 spiro atoms. The number of phosphoric acid groups is 2. The minimum atomic E-state index is -4.95. The molecule has 6 atom stereocenters. The van der Waals surface area contributed by atoms with Crippen molar-refractivity contribution in [2.45, 2.75) is 395 Å². The van der Waals surface area contributed by atoms with Gasteiger partial charge in [-0.05, 0) is 49.4 Å². The molecule has 3 N–H and O–H groups in total. The zero-order chi connectivity index (χ0) is 69.6. The van der Waals surface area contributed by atoms with Gasteiger partial charge in [0.25, 0.3) is 0 Å². The lowest BCUT2D eigenvalue weighted by atomic mass is 9.99. The van der Waals surface area contributed by atoms with Crippen molar-refractivity contribution in [2.24, 2.45) is 23.7 Å². The van der Waals surface area contributed by atoms with Crippen LogP contribution >= 0.6 is 15.6 Å². The Hall–Kier alpha value is -1.94. The van der Waals surface area contributed by atoms with Gasteiger partial charge < -0.3 is 33.8 Å². The normalized spacial score (nSPS) is 14.4. The summed E-state index contributed by atoms with van der Waals surface area (Å²) in [6, 6.07) is 0. The zero-order valence-corrected chi connectivity index (χ0v) is 63.4. The van der Waals surface area contributed by atoms with Gasteiger partial charge in [-0.1, -0.05) is 325 Å². The molecule has 0 saturated heterocycles. The third-order valence-electron chi connectivity index (χ3n) is 17.7. The summed E-state index contributed by atoms with van der Waals surface area (Å²) in [5.41, 5.74) is 0. The fraction of sp³-hybridized carbons (Fsp3) is 0.947. The summed E-state index contributed by atoms with van der Waals surface area (Å²) in [6.07, 6.45) is 48.9. The quantitative estimate of drug-likeness (QED) is 0.0222. The van der Waals surface area contributed by atoms with Crippen LogP contribution in [0, 0.1) is 23.7 Å². The van der Waals surface area contributed by atoms with Crippen LogP contribution in [0.4, 0.5) is 0 Å². The van der Waals surface area contributed by atoms with E-state index in [1.165, 1.54) is 167 Å². The molecule has 0 fully saturated rings. The van der Waals surface area contributed by atoms with Crippen molar-refractivity contribution < 1.29 is 80.2 Å². The first kappa shape index (κ1) is 92.1. The van der Waals surface area contributed by atoms with E-state index in [0.717, 1.165) is 115 Å². The van der Waals surface area contributed by atoms with Crippen molar-refractivity contribution >= 4 is 39.5 Å². The minimum absolute atomic E-state index is 0.106. The Bertz CT molecular complexity index is 1850. The molecule has 0 aromatic heterocycles. The Labute approximate surface area is 575 Å². The summed E-state index contributed by atoms with van der Waals surface area (Å²) < 4.78 is 68.4. The smallest absolute Gasteiger partial charge is 0.462 e. The topological polar surface area (TPSA) is 237 Å². The zero-order valence-electron chi connectivity index (χ0n) is 61.6. The number of esters is 4. The number of hydrogen-bond donors (Lipinski definition) is 3. The number of hydrogen-bond acceptors (Lipinski definition) is 15. The van der Waals surface area contributed by atoms with Crippen LogP contribution in [0.2, 0.25) is 0 Å². The number of rotatable bonds is 72. The number of carbonyl (C=O) groups is 4. The summed E-state index contributed by atoms with van der Waals surface area (Å²) in [4.78, 5) is 72.7. The van der Waals surface area contributed by atoms with Gasteiger partial charge >= 0.3 is 39.5 Å². The molecule has 0 saturated carbocycles. The molecule has 0 aliphatic rings. The second-order valence-electron chi connectivity index (χ2n) is 28.7. The Kier molecular flexibility index (Phi) is 63.1. The maximum absolute atomic E-state index is 13.0. The highest BCUT2D eigenvalue weighted by Crippen LogP contribution is 2.45.